The molecule has 0 aliphatic heterocycles. The third kappa shape index (κ3) is 58.6. The van der Waals surface area contributed by atoms with Crippen molar-refractivity contribution in [1.29, 1.82) is 0 Å². The molecule has 6 nitrogen and oxygen atoms in total. The summed E-state index contributed by atoms with van der Waals surface area (Å²) in [5.41, 5.74) is 0. The van der Waals surface area contributed by atoms with E-state index >= 15 is 0 Å². The molecule has 0 bridgehead atoms. The molecule has 414 valence electrons. The molecule has 0 spiro atoms. The fourth-order valence-corrected chi connectivity index (χ4v) is 7.87. The average molecular weight is 1010 g/mol. The molecule has 0 rings (SSSR count). The Labute approximate surface area is 450 Å². The van der Waals surface area contributed by atoms with Gasteiger partial charge in [0.2, 0.25) is 0 Å². The molecule has 0 radical (unpaired) electrons. The van der Waals surface area contributed by atoms with E-state index in [9.17, 15) is 14.4 Å². The van der Waals surface area contributed by atoms with Crippen LogP contribution in [0.25, 0.3) is 0 Å². The van der Waals surface area contributed by atoms with Crippen molar-refractivity contribution < 1.29 is 28.6 Å². The van der Waals surface area contributed by atoms with Crippen LogP contribution in [-0.2, 0) is 28.6 Å². The molecule has 6 heteroatoms. The summed E-state index contributed by atoms with van der Waals surface area (Å²) in [5, 5.41) is 0. The maximum Gasteiger partial charge on any atom is 0.306 e. The van der Waals surface area contributed by atoms with Crippen LogP contribution in [0.4, 0.5) is 0 Å². The lowest BCUT2D eigenvalue weighted by Gasteiger charge is -2.18. The Hall–Kier alpha value is -4.19. The first-order chi connectivity index (χ1) is 36.0. The zero-order valence-corrected chi connectivity index (χ0v) is 47.4. The minimum absolute atomic E-state index is 0.119. The molecule has 0 saturated carbocycles. The third-order valence-electron chi connectivity index (χ3n) is 12.4. The summed E-state index contributed by atoms with van der Waals surface area (Å²) in [6.45, 7) is 6.49. The highest BCUT2D eigenvalue weighted by atomic mass is 16.6. The van der Waals surface area contributed by atoms with Crippen LogP contribution in [0.1, 0.15) is 265 Å². The van der Waals surface area contributed by atoms with Crippen LogP contribution in [0.5, 0.6) is 0 Å². The van der Waals surface area contributed by atoms with Gasteiger partial charge in [0.15, 0.2) is 6.10 Å². The maximum atomic E-state index is 12.9. The van der Waals surface area contributed by atoms with Crippen LogP contribution in [0.2, 0.25) is 0 Å². The Balaban J connectivity index is 4.58. The minimum atomic E-state index is -0.831. The third-order valence-corrected chi connectivity index (χ3v) is 12.4. The van der Waals surface area contributed by atoms with Gasteiger partial charge in [-0.2, -0.15) is 0 Å². The number of esters is 3. The topological polar surface area (TPSA) is 78.9 Å². The van der Waals surface area contributed by atoms with Crippen molar-refractivity contribution in [1.82, 2.24) is 0 Å². The van der Waals surface area contributed by atoms with Crippen molar-refractivity contribution in [2.24, 2.45) is 0 Å². The Kier molecular flexibility index (Phi) is 56.9. The second-order valence-electron chi connectivity index (χ2n) is 19.5. The van der Waals surface area contributed by atoms with Gasteiger partial charge < -0.3 is 14.2 Å². The molecule has 0 saturated heterocycles. The molecule has 0 aromatic carbocycles. The molecule has 0 heterocycles. The van der Waals surface area contributed by atoms with Crippen molar-refractivity contribution in [3.8, 4) is 0 Å². The first-order valence-electron chi connectivity index (χ1n) is 30.0. The van der Waals surface area contributed by atoms with Gasteiger partial charge in [0.1, 0.15) is 13.2 Å². The number of carbonyl (C=O) groups excluding carboxylic acids is 3. The van der Waals surface area contributed by atoms with Crippen LogP contribution in [0.3, 0.4) is 0 Å². The molecule has 0 amide bonds. The summed E-state index contributed by atoms with van der Waals surface area (Å²) in [4.78, 5) is 38.2. The van der Waals surface area contributed by atoms with Gasteiger partial charge >= 0.3 is 17.9 Å². The summed E-state index contributed by atoms with van der Waals surface area (Å²) < 4.78 is 16.8. The van der Waals surface area contributed by atoms with Crippen molar-refractivity contribution in [2.75, 3.05) is 13.2 Å². The monoisotopic (exact) mass is 1010 g/mol. The van der Waals surface area contributed by atoms with E-state index in [0.717, 1.165) is 83.5 Å². The molecular weight excluding hydrogens is 901 g/mol. The molecule has 0 aliphatic carbocycles. The summed E-state index contributed by atoms with van der Waals surface area (Å²) >= 11 is 0. The lowest BCUT2D eigenvalue weighted by Crippen LogP contribution is -2.30. The highest BCUT2D eigenvalue weighted by Gasteiger charge is 2.19. The number of carbonyl (C=O) groups is 3. The largest absolute Gasteiger partial charge is 0.462 e. The number of unbranched alkanes of at least 4 members (excludes halogenated alkanes) is 22. The molecule has 0 aromatic heterocycles. The van der Waals surface area contributed by atoms with Crippen LogP contribution in [-0.4, -0.2) is 37.2 Å². The van der Waals surface area contributed by atoms with Gasteiger partial charge in [0.25, 0.3) is 0 Å². The predicted octanol–water partition coefficient (Wildman–Crippen LogP) is 20.4. The Morgan fingerprint density at radius 1 is 0.274 bits per heavy atom. The highest BCUT2D eigenvalue weighted by molar-refractivity contribution is 5.71. The van der Waals surface area contributed by atoms with E-state index in [1.807, 2.05) is 6.08 Å². The second-order valence-corrected chi connectivity index (χ2v) is 19.5. The first kappa shape index (κ1) is 68.8. The normalized spacial score (nSPS) is 13.0. The van der Waals surface area contributed by atoms with Gasteiger partial charge in [-0.3, -0.25) is 14.4 Å². The van der Waals surface area contributed by atoms with Crippen LogP contribution >= 0.6 is 0 Å². The summed E-state index contributed by atoms with van der Waals surface area (Å²) in [6.07, 6.45) is 83.4. The fraction of sp³-hybridized carbons (Fsp3) is 0.657. The number of hydrogen-bond acceptors (Lipinski definition) is 6. The van der Waals surface area contributed by atoms with Gasteiger partial charge in [-0.25, -0.2) is 0 Å². The summed E-state index contributed by atoms with van der Waals surface area (Å²) in [7, 11) is 0. The summed E-state index contributed by atoms with van der Waals surface area (Å²) in [5.74, 6) is -1.04. The van der Waals surface area contributed by atoms with Gasteiger partial charge in [-0.1, -0.05) is 239 Å². The smallest absolute Gasteiger partial charge is 0.306 e. The fourth-order valence-electron chi connectivity index (χ4n) is 7.87. The number of hydrogen-bond donors (Lipinski definition) is 0. The zero-order valence-electron chi connectivity index (χ0n) is 47.4. The predicted molar refractivity (Wildman–Crippen MR) is 316 cm³/mol. The molecule has 0 fully saturated rings. The standard InChI is InChI=1S/C67H110O6/c1-4-7-10-13-16-19-22-25-28-31-33-36-39-42-45-48-51-54-57-60-66(69)72-63-64(62-71-65(68)59-56-53-50-47-44-41-38-35-30-27-24-21-18-15-12-9-6-3)73-67(70)61-58-55-52-49-46-43-40-37-34-32-29-26-23-20-17-14-11-8-5-2/h16-17,19-20,25-30,33-34,36-37,42-43,45-46,51,54,64H,4-15,18,21-24,31-32,35,38-41,44,47-50,52-53,55-63H2,1-3H3/b19-16-,20-17-,28-25-,29-26-,30-27-,36-33-,37-34-,45-42-,46-43-,54-51-/t64-/m0/s1. The number of allylic oxidation sites excluding steroid dienone is 20. The Bertz CT molecular complexity index is 1540. The van der Waals surface area contributed by atoms with Crippen LogP contribution < -0.4 is 0 Å². The number of ether oxygens (including phenoxy) is 3. The first-order valence-corrected chi connectivity index (χ1v) is 30.0. The average Bonchev–Trinajstić information content (AvgIpc) is 3.39. The molecule has 73 heavy (non-hydrogen) atoms. The lowest BCUT2D eigenvalue weighted by molar-refractivity contribution is -0.166. The quantitative estimate of drug-likeness (QED) is 0.0261. The molecule has 1 atom stereocenters. The van der Waals surface area contributed by atoms with Crippen molar-refractivity contribution >= 4 is 17.9 Å². The van der Waals surface area contributed by atoms with Crippen molar-refractivity contribution in [2.45, 2.75) is 271 Å². The number of rotatable bonds is 53. The Morgan fingerprint density at radius 2 is 0.521 bits per heavy atom. The Morgan fingerprint density at radius 3 is 0.904 bits per heavy atom. The van der Waals surface area contributed by atoms with E-state index in [1.54, 1.807) is 0 Å². The van der Waals surface area contributed by atoms with E-state index in [-0.39, 0.29) is 44.0 Å². The van der Waals surface area contributed by atoms with Gasteiger partial charge in [0.05, 0.1) is 0 Å². The van der Waals surface area contributed by atoms with Crippen LogP contribution in [0, 0.1) is 0 Å². The van der Waals surface area contributed by atoms with E-state index in [0.29, 0.717) is 19.3 Å². The maximum absolute atomic E-state index is 12.9. The van der Waals surface area contributed by atoms with Gasteiger partial charge in [-0.15, -0.1) is 0 Å². The molecular formula is C67H110O6. The van der Waals surface area contributed by atoms with Crippen LogP contribution in [0.15, 0.2) is 122 Å². The minimum Gasteiger partial charge on any atom is -0.462 e. The molecule has 0 unspecified atom stereocenters. The van der Waals surface area contributed by atoms with Crippen molar-refractivity contribution in [3.63, 3.8) is 0 Å². The second kappa shape index (κ2) is 60.4. The zero-order chi connectivity index (χ0) is 52.9. The van der Waals surface area contributed by atoms with E-state index in [4.69, 9.17) is 14.2 Å². The summed E-state index contributed by atoms with van der Waals surface area (Å²) in [6, 6.07) is 0. The highest BCUT2D eigenvalue weighted by Crippen LogP contribution is 2.13. The SMILES string of the molecule is CCCCC/C=C\C/C=C\C/C=C\C/C=C\C/C=C\CCC(=O)OC[C@H](COC(=O)CCCCCCCCC/C=C\CCCCCCCC)OC(=O)CCCCC/C=C\C/C=C\C/C=C\C/C=C\CCCCC. The van der Waals surface area contributed by atoms with Gasteiger partial charge in [0, 0.05) is 19.3 Å². The molecule has 0 aliphatic rings. The van der Waals surface area contributed by atoms with E-state index in [2.05, 4.69) is 136 Å². The van der Waals surface area contributed by atoms with E-state index < -0.39 is 6.10 Å². The molecule has 0 aromatic rings. The lowest BCUT2D eigenvalue weighted by atomic mass is 10.1. The van der Waals surface area contributed by atoms with E-state index in [1.165, 1.54) is 128 Å². The molecule has 0 N–H and O–H groups in total. The van der Waals surface area contributed by atoms with Crippen molar-refractivity contribution in [3.05, 3.63) is 122 Å². The van der Waals surface area contributed by atoms with Gasteiger partial charge in [-0.05, 0) is 128 Å².